The van der Waals surface area contributed by atoms with E-state index < -0.39 is 17.2 Å². The lowest BCUT2D eigenvalue weighted by Gasteiger charge is -2.08. The molecule has 0 radical (unpaired) electrons. The first-order valence-corrected chi connectivity index (χ1v) is 7.08. The smallest absolute Gasteiger partial charge is 0.276 e. The van der Waals surface area contributed by atoms with Crippen molar-refractivity contribution < 1.29 is 9.18 Å². The molecule has 0 bridgehead atoms. The molecule has 24 heavy (non-hydrogen) atoms. The number of benzene rings is 1. The zero-order valence-electron chi connectivity index (χ0n) is 12.7. The number of carbonyl (C=O) groups is 1. The van der Waals surface area contributed by atoms with Crippen LogP contribution in [0.2, 0.25) is 0 Å². The standard InChI is InChI=1S/C17H13FN4O2/c1-22-10-14(16(23)13-7-12(18)4-5-15(13)22)17(24)21-20-9-11-3-2-6-19-8-11/h2-10H,1H3,(H,21,24)/b20-9+. The summed E-state index contributed by atoms with van der Waals surface area (Å²) in [6, 6.07) is 7.37. The van der Waals surface area contributed by atoms with Crippen LogP contribution in [-0.2, 0) is 7.05 Å². The van der Waals surface area contributed by atoms with Gasteiger partial charge in [0.15, 0.2) is 0 Å². The van der Waals surface area contributed by atoms with Crippen molar-refractivity contribution in [2.45, 2.75) is 0 Å². The first-order chi connectivity index (χ1) is 11.6. The summed E-state index contributed by atoms with van der Waals surface area (Å²) in [6.07, 6.45) is 6.01. The summed E-state index contributed by atoms with van der Waals surface area (Å²) < 4.78 is 15.0. The molecule has 0 atom stereocenters. The first-order valence-electron chi connectivity index (χ1n) is 7.08. The highest BCUT2D eigenvalue weighted by Gasteiger charge is 2.14. The van der Waals surface area contributed by atoms with Crippen LogP contribution in [0.4, 0.5) is 4.39 Å². The second-order valence-corrected chi connectivity index (χ2v) is 5.13. The number of hydrogen-bond acceptors (Lipinski definition) is 4. The summed E-state index contributed by atoms with van der Waals surface area (Å²) in [5.74, 6) is -1.20. The van der Waals surface area contributed by atoms with Crippen molar-refractivity contribution in [2.24, 2.45) is 12.1 Å². The predicted octanol–water partition coefficient (Wildman–Crippen LogP) is 1.84. The van der Waals surface area contributed by atoms with Crippen LogP contribution in [0.15, 0.2) is 58.8 Å². The molecule has 3 rings (SSSR count). The van der Waals surface area contributed by atoms with Crippen LogP contribution in [-0.4, -0.2) is 21.7 Å². The lowest BCUT2D eigenvalue weighted by molar-refractivity contribution is 0.0953. The molecule has 6 nitrogen and oxygen atoms in total. The largest absolute Gasteiger partial charge is 0.350 e. The Morgan fingerprint density at radius 3 is 2.96 bits per heavy atom. The van der Waals surface area contributed by atoms with Crippen molar-refractivity contribution >= 4 is 23.0 Å². The van der Waals surface area contributed by atoms with Crippen molar-refractivity contribution in [2.75, 3.05) is 0 Å². The number of pyridine rings is 2. The number of aromatic nitrogens is 2. The normalized spacial score (nSPS) is 11.1. The fraction of sp³-hybridized carbons (Fsp3) is 0.0588. The summed E-state index contributed by atoms with van der Waals surface area (Å²) in [7, 11) is 1.68. The van der Waals surface area contributed by atoms with E-state index >= 15 is 0 Å². The predicted molar refractivity (Wildman–Crippen MR) is 88.4 cm³/mol. The summed E-state index contributed by atoms with van der Waals surface area (Å²) in [5, 5.41) is 3.94. The Kier molecular flexibility index (Phi) is 4.15. The van der Waals surface area contributed by atoms with E-state index in [9.17, 15) is 14.0 Å². The van der Waals surface area contributed by atoms with Crippen LogP contribution in [0.25, 0.3) is 10.9 Å². The molecule has 0 aliphatic rings. The third-order valence-electron chi connectivity index (χ3n) is 3.46. The molecule has 3 aromatic rings. The topological polar surface area (TPSA) is 76.3 Å². The van der Waals surface area contributed by atoms with E-state index in [4.69, 9.17) is 0 Å². The third-order valence-corrected chi connectivity index (χ3v) is 3.46. The number of fused-ring (bicyclic) bond motifs is 1. The van der Waals surface area contributed by atoms with Gasteiger partial charge in [-0.05, 0) is 24.3 Å². The van der Waals surface area contributed by atoms with Crippen molar-refractivity contribution in [3.8, 4) is 0 Å². The monoisotopic (exact) mass is 324 g/mol. The fourth-order valence-electron chi connectivity index (χ4n) is 2.30. The number of halogens is 1. The Balaban J connectivity index is 1.91. The minimum Gasteiger partial charge on any atom is -0.350 e. The molecule has 0 saturated heterocycles. The molecule has 2 heterocycles. The lowest BCUT2D eigenvalue weighted by Crippen LogP contribution is -2.26. The molecule has 0 saturated carbocycles. The van der Waals surface area contributed by atoms with Crippen LogP contribution in [0.5, 0.6) is 0 Å². The molecule has 0 spiro atoms. The number of carbonyl (C=O) groups excluding carboxylic acids is 1. The van der Waals surface area contributed by atoms with Gasteiger partial charge in [0.05, 0.1) is 11.7 Å². The third kappa shape index (κ3) is 3.05. The number of aryl methyl sites for hydroxylation is 1. The van der Waals surface area contributed by atoms with Crippen LogP contribution in [0, 0.1) is 5.82 Å². The van der Waals surface area contributed by atoms with Gasteiger partial charge in [0.25, 0.3) is 5.91 Å². The van der Waals surface area contributed by atoms with Gasteiger partial charge < -0.3 is 4.57 Å². The van der Waals surface area contributed by atoms with Crippen LogP contribution >= 0.6 is 0 Å². The average molecular weight is 324 g/mol. The molecule has 1 N–H and O–H groups in total. The molecule has 1 aromatic carbocycles. The summed E-state index contributed by atoms with van der Waals surface area (Å²) in [4.78, 5) is 28.5. The molecule has 7 heteroatoms. The lowest BCUT2D eigenvalue weighted by atomic mass is 10.1. The van der Waals surface area contributed by atoms with Gasteiger partial charge in [-0.1, -0.05) is 6.07 Å². The minimum absolute atomic E-state index is 0.112. The van der Waals surface area contributed by atoms with E-state index in [0.717, 1.165) is 6.07 Å². The maximum atomic E-state index is 13.4. The highest BCUT2D eigenvalue weighted by molar-refractivity contribution is 5.97. The Labute approximate surface area is 136 Å². The number of nitrogens with one attached hydrogen (secondary N) is 1. The van der Waals surface area contributed by atoms with Gasteiger partial charge >= 0.3 is 0 Å². The van der Waals surface area contributed by atoms with E-state index in [2.05, 4.69) is 15.5 Å². The molecule has 0 aliphatic heterocycles. The van der Waals surface area contributed by atoms with E-state index in [0.29, 0.717) is 11.1 Å². The summed E-state index contributed by atoms with van der Waals surface area (Å²) >= 11 is 0. The van der Waals surface area contributed by atoms with E-state index in [-0.39, 0.29) is 10.9 Å². The highest BCUT2D eigenvalue weighted by Crippen LogP contribution is 2.12. The molecular weight excluding hydrogens is 311 g/mol. The van der Waals surface area contributed by atoms with Gasteiger partial charge in [-0.3, -0.25) is 14.6 Å². The maximum Gasteiger partial charge on any atom is 0.276 e. The van der Waals surface area contributed by atoms with Gasteiger partial charge in [0.1, 0.15) is 11.4 Å². The van der Waals surface area contributed by atoms with Crippen LogP contribution in [0.3, 0.4) is 0 Å². The van der Waals surface area contributed by atoms with Gasteiger partial charge in [-0.2, -0.15) is 5.10 Å². The average Bonchev–Trinajstić information content (AvgIpc) is 2.58. The number of hydrogen-bond donors (Lipinski definition) is 1. The van der Waals surface area contributed by atoms with E-state index in [1.54, 1.807) is 36.1 Å². The molecule has 120 valence electrons. The first kappa shape index (κ1) is 15.5. The molecule has 1 amide bonds. The second-order valence-electron chi connectivity index (χ2n) is 5.13. The number of amides is 1. The number of nitrogens with zero attached hydrogens (tertiary/aromatic N) is 3. The zero-order chi connectivity index (χ0) is 17.1. The van der Waals surface area contributed by atoms with E-state index in [1.807, 2.05) is 0 Å². The summed E-state index contributed by atoms with van der Waals surface area (Å²) in [5.41, 5.74) is 2.87. The molecule has 0 unspecified atom stereocenters. The van der Waals surface area contributed by atoms with Gasteiger partial charge in [-0.25, -0.2) is 9.82 Å². The van der Waals surface area contributed by atoms with Crippen molar-refractivity contribution in [3.05, 3.63) is 76.1 Å². The number of rotatable bonds is 3. The molecule has 2 aromatic heterocycles. The Bertz CT molecular complexity index is 997. The van der Waals surface area contributed by atoms with Gasteiger partial charge in [-0.15, -0.1) is 0 Å². The molecular formula is C17H13FN4O2. The zero-order valence-corrected chi connectivity index (χ0v) is 12.7. The quantitative estimate of drug-likeness (QED) is 0.590. The Hall–Kier alpha value is -3.35. The van der Waals surface area contributed by atoms with Gasteiger partial charge in [0, 0.05) is 36.6 Å². The summed E-state index contributed by atoms with van der Waals surface area (Å²) in [6.45, 7) is 0. The van der Waals surface area contributed by atoms with Crippen molar-refractivity contribution in [1.29, 1.82) is 0 Å². The van der Waals surface area contributed by atoms with Crippen LogP contribution < -0.4 is 10.9 Å². The van der Waals surface area contributed by atoms with Crippen molar-refractivity contribution in [1.82, 2.24) is 15.0 Å². The van der Waals surface area contributed by atoms with Crippen LogP contribution in [0.1, 0.15) is 15.9 Å². The maximum absolute atomic E-state index is 13.4. The van der Waals surface area contributed by atoms with Crippen molar-refractivity contribution in [3.63, 3.8) is 0 Å². The molecule has 0 aliphatic carbocycles. The second kappa shape index (κ2) is 6.41. The Morgan fingerprint density at radius 1 is 1.38 bits per heavy atom. The minimum atomic E-state index is -0.665. The SMILES string of the molecule is Cn1cc(C(=O)N/N=C/c2cccnc2)c(=O)c2cc(F)ccc21. The van der Waals surface area contributed by atoms with Gasteiger partial charge in [0.2, 0.25) is 5.43 Å². The van der Waals surface area contributed by atoms with E-state index in [1.165, 1.54) is 24.5 Å². The number of hydrazone groups is 1. The molecule has 0 fully saturated rings. The fourth-order valence-corrected chi connectivity index (χ4v) is 2.30. The Morgan fingerprint density at radius 2 is 2.21 bits per heavy atom. The highest BCUT2D eigenvalue weighted by atomic mass is 19.1.